The molecule has 2 heterocycles. The number of aromatic nitrogens is 1. The maximum absolute atomic E-state index is 11.8. The smallest absolute Gasteiger partial charge is 0.273 e. The minimum atomic E-state index is -0.0400. The van der Waals surface area contributed by atoms with E-state index in [1.807, 2.05) is 0 Å². The Hall–Kier alpha value is -0.940. The van der Waals surface area contributed by atoms with Gasteiger partial charge in [0.25, 0.3) is 5.19 Å². The third-order valence-corrected chi connectivity index (χ3v) is 3.09. The van der Waals surface area contributed by atoms with Gasteiger partial charge in [0.05, 0.1) is 13.2 Å². The van der Waals surface area contributed by atoms with E-state index in [9.17, 15) is 4.79 Å². The molecular formula is C9H12N2O2S. The zero-order chi connectivity index (χ0) is 9.97. The van der Waals surface area contributed by atoms with Crippen LogP contribution in [0.3, 0.4) is 0 Å². The van der Waals surface area contributed by atoms with Gasteiger partial charge in [-0.25, -0.2) is 0 Å². The Morgan fingerprint density at radius 1 is 1.79 bits per heavy atom. The summed E-state index contributed by atoms with van der Waals surface area (Å²) < 4.78 is 4.94. The number of ether oxygens (including phenoxy) is 1. The molecule has 76 valence electrons. The van der Waals surface area contributed by atoms with E-state index in [-0.39, 0.29) is 11.8 Å². The summed E-state index contributed by atoms with van der Waals surface area (Å²) in [7, 11) is 1.56. The van der Waals surface area contributed by atoms with Crippen LogP contribution in [-0.4, -0.2) is 30.5 Å². The molecule has 14 heavy (non-hydrogen) atoms. The second-order valence-electron chi connectivity index (χ2n) is 3.22. The fraction of sp³-hybridized carbons (Fsp3) is 0.556. The van der Waals surface area contributed by atoms with Crippen molar-refractivity contribution < 1.29 is 9.53 Å². The minimum Gasteiger partial charge on any atom is -0.473 e. The monoisotopic (exact) mass is 212 g/mol. The molecule has 5 heteroatoms. The molecule has 1 atom stereocenters. The van der Waals surface area contributed by atoms with E-state index in [2.05, 4.69) is 10.3 Å². The maximum Gasteiger partial charge on any atom is 0.273 e. The van der Waals surface area contributed by atoms with E-state index in [4.69, 9.17) is 4.74 Å². The number of carbonyl (C=O) groups excluding carboxylic acids is 1. The molecule has 0 bridgehead atoms. The molecule has 0 aliphatic carbocycles. The van der Waals surface area contributed by atoms with Crippen molar-refractivity contribution in [2.45, 2.75) is 18.9 Å². The predicted octanol–water partition coefficient (Wildman–Crippen LogP) is 1.09. The SMILES string of the molecule is COc1nc(C(=O)C2CCCN2)cs1. The predicted molar refractivity (Wildman–Crippen MR) is 54.0 cm³/mol. The summed E-state index contributed by atoms with van der Waals surface area (Å²) in [4.78, 5) is 15.9. The van der Waals surface area contributed by atoms with Crippen molar-refractivity contribution in [2.75, 3.05) is 13.7 Å². The molecule has 1 aliphatic heterocycles. The average Bonchev–Trinajstić information content (AvgIpc) is 2.88. The van der Waals surface area contributed by atoms with Crippen molar-refractivity contribution in [3.63, 3.8) is 0 Å². The Bertz CT molecular complexity index is 331. The molecule has 4 nitrogen and oxygen atoms in total. The molecule has 1 aromatic heterocycles. The molecule has 0 radical (unpaired) electrons. The summed E-state index contributed by atoms with van der Waals surface area (Å²) in [6.45, 7) is 0.928. The quantitative estimate of drug-likeness (QED) is 0.762. The van der Waals surface area contributed by atoms with Crippen LogP contribution in [0.1, 0.15) is 23.3 Å². The number of thiazole rings is 1. The second kappa shape index (κ2) is 4.06. The fourth-order valence-electron chi connectivity index (χ4n) is 1.55. The topological polar surface area (TPSA) is 51.2 Å². The number of rotatable bonds is 3. The highest BCUT2D eigenvalue weighted by Gasteiger charge is 2.25. The summed E-state index contributed by atoms with van der Waals surface area (Å²) in [5.41, 5.74) is 0.520. The van der Waals surface area contributed by atoms with Crippen LogP contribution in [0.5, 0.6) is 5.19 Å². The minimum absolute atomic E-state index is 0.0400. The number of ketones is 1. The Kier molecular flexibility index (Phi) is 2.79. The van der Waals surface area contributed by atoms with Gasteiger partial charge in [-0.1, -0.05) is 11.3 Å². The van der Waals surface area contributed by atoms with Gasteiger partial charge in [-0.15, -0.1) is 0 Å². The number of nitrogens with one attached hydrogen (secondary N) is 1. The van der Waals surface area contributed by atoms with Crippen LogP contribution in [-0.2, 0) is 0 Å². The van der Waals surface area contributed by atoms with Crippen molar-refractivity contribution in [2.24, 2.45) is 0 Å². The Morgan fingerprint density at radius 3 is 3.21 bits per heavy atom. The van der Waals surface area contributed by atoms with Gasteiger partial charge in [0, 0.05) is 5.38 Å². The van der Waals surface area contributed by atoms with Gasteiger partial charge in [-0.2, -0.15) is 4.98 Å². The highest BCUT2D eigenvalue weighted by atomic mass is 32.1. The van der Waals surface area contributed by atoms with Gasteiger partial charge in [-0.3, -0.25) is 4.79 Å². The summed E-state index contributed by atoms with van der Waals surface area (Å²) >= 11 is 1.35. The molecule has 0 spiro atoms. The highest BCUT2D eigenvalue weighted by Crippen LogP contribution is 2.20. The average molecular weight is 212 g/mol. The molecule has 1 saturated heterocycles. The molecule has 1 aromatic rings. The first-order valence-corrected chi connectivity index (χ1v) is 5.46. The molecule has 0 saturated carbocycles. The standard InChI is InChI=1S/C9H12N2O2S/c1-13-9-11-7(5-14-9)8(12)6-3-2-4-10-6/h5-6,10H,2-4H2,1H3. The van der Waals surface area contributed by atoms with E-state index < -0.39 is 0 Å². The van der Waals surface area contributed by atoms with Crippen LogP contribution in [0.4, 0.5) is 0 Å². The zero-order valence-corrected chi connectivity index (χ0v) is 8.76. The summed E-state index contributed by atoms with van der Waals surface area (Å²) in [6.07, 6.45) is 1.98. The van der Waals surface area contributed by atoms with Crippen LogP contribution in [0, 0.1) is 0 Å². The number of nitrogens with zero attached hydrogens (tertiary/aromatic N) is 1. The summed E-state index contributed by atoms with van der Waals surface area (Å²) in [5.74, 6) is 0.0852. The van der Waals surface area contributed by atoms with Gasteiger partial charge < -0.3 is 10.1 Å². The molecular weight excluding hydrogens is 200 g/mol. The number of hydrogen-bond donors (Lipinski definition) is 1. The third-order valence-electron chi connectivity index (χ3n) is 2.29. The summed E-state index contributed by atoms with van der Waals surface area (Å²) in [6, 6.07) is -0.0400. The van der Waals surface area contributed by atoms with Crippen molar-refractivity contribution in [1.29, 1.82) is 0 Å². The Labute approximate surface area is 86.3 Å². The summed E-state index contributed by atoms with van der Waals surface area (Å²) in [5, 5.41) is 5.46. The van der Waals surface area contributed by atoms with Gasteiger partial charge in [0.15, 0.2) is 5.78 Å². The number of carbonyl (C=O) groups is 1. The van der Waals surface area contributed by atoms with Gasteiger partial charge in [-0.05, 0) is 19.4 Å². The molecule has 1 N–H and O–H groups in total. The Balaban J connectivity index is 2.09. The first-order valence-electron chi connectivity index (χ1n) is 4.58. The van der Waals surface area contributed by atoms with Crippen LogP contribution < -0.4 is 10.1 Å². The first-order chi connectivity index (χ1) is 6.81. The normalized spacial score (nSPS) is 21.1. The highest BCUT2D eigenvalue weighted by molar-refractivity contribution is 7.11. The van der Waals surface area contributed by atoms with Crippen molar-refractivity contribution in [1.82, 2.24) is 10.3 Å². The lowest BCUT2D eigenvalue weighted by atomic mass is 10.1. The Morgan fingerprint density at radius 2 is 2.64 bits per heavy atom. The van der Waals surface area contributed by atoms with Crippen molar-refractivity contribution >= 4 is 17.1 Å². The molecule has 0 aromatic carbocycles. The van der Waals surface area contributed by atoms with E-state index >= 15 is 0 Å². The van der Waals surface area contributed by atoms with Gasteiger partial charge >= 0.3 is 0 Å². The molecule has 1 unspecified atom stereocenters. The zero-order valence-electron chi connectivity index (χ0n) is 7.95. The number of methoxy groups -OCH3 is 1. The van der Waals surface area contributed by atoms with Crippen LogP contribution >= 0.6 is 11.3 Å². The first kappa shape index (κ1) is 9.61. The van der Waals surface area contributed by atoms with Gasteiger partial charge in [0.1, 0.15) is 5.69 Å². The molecule has 2 rings (SSSR count). The van der Waals surface area contributed by atoms with Crippen LogP contribution in [0.25, 0.3) is 0 Å². The number of Topliss-reactive ketones (excluding diaryl/α,β-unsaturated/α-hetero) is 1. The van der Waals surface area contributed by atoms with Crippen molar-refractivity contribution in [3.8, 4) is 5.19 Å². The fourth-order valence-corrected chi connectivity index (χ4v) is 2.18. The second-order valence-corrected chi connectivity index (χ2v) is 4.04. The van der Waals surface area contributed by atoms with E-state index in [0.717, 1.165) is 19.4 Å². The van der Waals surface area contributed by atoms with E-state index in [0.29, 0.717) is 10.9 Å². The van der Waals surface area contributed by atoms with Gasteiger partial charge in [0.2, 0.25) is 0 Å². The molecule has 1 aliphatic rings. The maximum atomic E-state index is 11.8. The van der Waals surface area contributed by atoms with Crippen LogP contribution in [0.2, 0.25) is 0 Å². The van der Waals surface area contributed by atoms with Crippen LogP contribution in [0.15, 0.2) is 5.38 Å². The van der Waals surface area contributed by atoms with E-state index in [1.54, 1.807) is 12.5 Å². The third kappa shape index (κ3) is 1.78. The number of hydrogen-bond acceptors (Lipinski definition) is 5. The lowest BCUT2D eigenvalue weighted by Crippen LogP contribution is -2.30. The van der Waals surface area contributed by atoms with E-state index in [1.165, 1.54) is 11.3 Å². The lowest BCUT2D eigenvalue weighted by molar-refractivity contribution is 0.0947. The molecule has 1 fully saturated rings. The molecule has 0 amide bonds. The largest absolute Gasteiger partial charge is 0.473 e. The lowest BCUT2D eigenvalue weighted by Gasteiger charge is -2.05. The van der Waals surface area contributed by atoms with Crippen molar-refractivity contribution in [3.05, 3.63) is 11.1 Å².